The average molecular weight is 769 g/mol. The van der Waals surface area contributed by atoms with Crippen molar-refractivity contribution in [3.05, 3.63) is 88.7 Å². The van der Waals surface area contributed by atoms with Crippen LogP contribution in [0.25, 0.3) is 0 Å². The SMILES string of the molecule is CC(C)(C)c1ccc(NC2=CC(N3CCCCC3)CC=C2C2CC3=CC(c4ccc(N5CCCCC5)cc4NC4=CCC(C(C)(C)C)O4)=NC4=NC=NC(=N2)[C@@H]34)o1. The van der Waals surface area contributed by atoms with E-state index in [-0.39, 0.29) is 28.9 Å². The van der Waals surface area contributed by atoms with Crippen LogP contribution in [-0.4, -0.2) is 73.0 Å². The molecule has 7 heterocycles. The molecule has 10 nitrogen and oxygen atoms in total. The van der Waals surface area contributed by atoms with E-state index in [1.807, 2.05) is 0 Å². The van der Waals surface area contributed by atoms with Crippen molar-refractivity contribution in [3.63, 3.8) is 0 Å². The molecule has 1 aromatic heterocycles. The van der Waals surface area contributed by atoms with E-state index < -0.39 is 0 Å². The zero-order valence-electron chi connectivity index (χ0n) is 34.8. The lowest BCUT2D eigenvalue weighted by Crippen LogP contribution is -2.40. The first-order valence-electron chi connectivity index (χ1n) is 21.5. The number of ether oxygens (including phenoxy) is 1. The second-order valence-corrected chi connectivity index (χ2v) is 18.9. The molecule has 1 aliphatic carbocycles. The highest BCUT2D eigenvalue weighted by Gasteiger charge is 2.40. The smallest absolute Gasteiger partial charge is 0.197 e. The number of furan rings is 1. The molecule has 0 spiro atoms. The zero-order chi connectivity index (χ0) is 39.3. The molecule has 0 saturated carbocycles. The molecule has 300 valence electrons. The molecule has 2 N–H and O–H groups in total. The first kappa shape index (κ1) is 37.9. The lowest BCUT2D eigenvalue weighted by molar-refractivity contribution is 0.0515. The number of dihydropyridines is 1. The summed E-state index contributed by atoms with van der Waals surface area (Å²) in [6.45, 7) is 17.7. The van der Waals surface area contributed by atoms with Crippen molar-refractivity contribution >= 4 is 41.0 Å². The number of rotatable bonds is 8. The molecule has 4 atom stereocenters. The molecule has 2 fully saturated rings. The van der Waals surface area contributed by atoms with Crippen molar-refractivity contribution in [3.8, 4) is 0 Å². The first-order chi connectivity index (χ1) is 27.5. The third-order valence-corrected chi connectivity index (χ3v) is 12.6. The molecule has 6 aliphatic heterocycles. The molecule has 2 saturated heterocycles. The molecular formula is C47H60N8O2. The molecule has 2 aromatic rings. The number of aliphatic imine (C=N–C) groups is 4. The first-order valence-corrected chi connectivity index (χ1v) is 21.5. The summed E-state index contributed by atoms with van der Waals surface area (Å²) >= 11 is 0. The Labute approximate surface area is 338 Å². The van der Waals surface area contributed by atoms with Gasteiger partial charge in [0.15, 0.2) is 11.8 Å². The maximum atomic E-state index is 6.50. The largest absolute Gasteiger partial charge is 0.475 e. The maximum Gasteiger partial charge on any atom is 0.197 e. The van der Waals surface area contributed by atoms with Crippen LogP contribution >= 0.6 is 0 Å². The third kappa shape index (κ3) is 7.94. The summed E-state index contributed by atoms with van der Waals surface area (Å²) in [5, 5.41) is 7.46. The Balaban J connectivity index is 1.04. The minimum atomic E-state index is -0.141. The highest BCUT2D eigenvalue weighted by atomic mass is 16.5. The number of piperidine rings is 2. The number of nitrogens with one attached hydrogen (secondary N) is 2. The second-order valence-electron chi connectivity index (χ2n) is 18.9. The monoisotopic (exact) mass is 768 g/mol. The van der Waals surface area contributed by atoms with Gasteiger partial charge in [-0.15, -0.1) is 0 Å². The molecule has 9 rings (SSSR count). The zero-order valence-corrected chi connectivity index (χ0v) is 34.8. The quantitative estimate of drug-likeness (QED) is 0.277. The van der Waals surface area contributed by atoms with E-state index in [0.717, 1.165) is 97.3 Å². The van der Waals surface area contributed by atoms with Crippen molar-refractivity contribution in [1.29, 1.82) is 0 Å². The second kappa shape index (κ2) is 15.2. The molecule has 1 aromatic carbocycles. The standard InChI is InChI=1S/C47H60N8O2/c1-46(2,3)39-17-19-41(56-39)50-37-27-31(54-21-9-7-10-22-54)13-15-33(37)35-25-30-26-36(53-45-43(30)44(52-35)48-29-49-45)34-16-14-32(55-23-11-8-12-24-55)28-38(34)51-42-20-18-40(57-42)47(4,5)6/h13,15-16,18-20,25,27-29,32,36,39,43,50-51H,7-12,14,17,21-24,26H2,1-6H3/t32?,36?,39?,43-/m0/s1. The number of benzene rings is 1. The van der Waals surface area contributed by atoms with Gasteiger partial charge in [-0.05, 0) is 117 Å². The number of anilines is 3. The number of likely N-dealkylation sites (tertiary alicyclic amines) is 1. The Hall–Kier alpha value is -4.70. The Morgan fingerprint density at radius 1 is 0.825 bits per heavy atom. The van der Waals surface area contributed by atoms with Crippen LogP contribution in [0.2, 0.25) is 0 Å². The van der Waals surface area contributed by atoms with Gasteiger partial charge >= 0.3 is 0 Å². The number of amidine groups is 2. The van der Waals surface area contributed by atoms with Crippen LogP contribution < -0.4 is 15.5 Å². The van der Waals surface area contributed by atoms with Crippen LogP contribution in [0.3, 0.4) is 0 Å². The van der Waals surface area contributed by atoms with Crippen molar-refractivity contribution in [2.24, 2.45) is 31.3 Å². The van der Waals surface area contributed by atoms with Gasteiger partial charge in [0.1, 0.15) is 35.8 Å². The van der Waals surface area contributed by atoms with Crippen LogP contribution in [0.5, 0.6) is 0 Å². The van der Waals surface area contributed by atoms with Gasteiger partial charge in [-0.1, -0.05) is 54.0 Å². The fourth-order valence-electron chi connectivity index (χ4n) is 9.29. The van der Waals surface area contributed by atoms with E-state index in [4.69, 9.17) is 29.1 Å². The summed E-state index contributed by atoms with van der Waals surface area (Å²) in [4.78, 5) is 25.3. The molecule has 10 heteroatoms. The van der Waals surface area contributed by atoms with Gasteiger partial charge in [-0.2, -0.15) is 0 Å². The summed E-state index contributed by atoms with van der Waals surface area (Å²) in [6, 6.07) is 11.2. The summed E-state index contributed by atoms with van der Waals surface area (Å²) in [5.41, 5.74) is 7.65. The van der Waals surface area contributed by atoms with Crippen molar-refractivity contribution in [2.45, 2.75) is 123 Å². The molecular weight excluding hydrogens is 709 g/mol. The van der Waals surface area contributed by atoms with E-state index in [1.54, 1.807) is 6.34 Å². The van der Waals surface area contributed by atoms with Gasteiger partial charge in [0.25, 0.3) is 0 Å². The van der Waals surface area contributed by atoms with E-state index in [0.29, 0.717) is 6.04 Å². The van der Waals surface area contributed by atoms with Crippen LogP contribution in [0.15, 0.2) is 102 Å². The fraction of sp³-hybridized carbons (Fsp3) is 0.532. The molecule has 7 aliphatic rings. The Bertz CT molecular complexity index is 2120. The predicted molar refractivity (Wildman–Crippen MR) is 234 cm³/mol. The van der Waals surface area contributed by atoms with E-state index >= 15 is 0 Å². The van der Waals surface area contributed by atoms with Gasteiger partial charge in [0.2, 0.25) is 0 Å². The lowest BCUT2D eigenvalue weighted by atomic mass is 9.80. The van der Waals surface area contributed by atoms with E-state index in [2.05, 4.69) is 117 Å². The normalized spacial score (nSPS) is 26.6. The third-order valence-electron chi connectivity index (χ3n) is 12.6. The number of hydrogen-bond donors (Lipinski definition) is 2. The molecule has 0 radical (unpaired) electrons. The van der Waals surface area contributed by atoms with E-state index in [1.165, 1.54) is 55.4 Å². The molecule has 0 bridgehead atoms. The van der Waals surface area contributed by atoms with Gasteiger partial charge in [-0.25, -0.2) is 15.0 Å². The summed E-state index contributed by atoms with van der Waals surface area (Å²) < 4.78 is 12.9. The minimum absolute atomic E-state index is 0.0445. The lowest BCUT2D eigenvalue weighted by Gasteiger charge is -2.37. The van der Waals surface area contributed by atoms with Crippen molar-refractivity contribution in [2.75, 3.05) is 41.7 Å². The van der Waals surface area contributed by atoms with Crippen LogP contribution in [-0.2, 0) is 10.2 Å². The van der Waals surface area contributed by atoms with Crippen LogP contribution in [0.4, 0.5) is 17.3 Å². The number of hydrogen-bond acceptors (Lipinski definition) is 10. The van der Waals surface area contributed by atoms with Gasteiger partial charge in [-0.3, -0.25) is 9.89 Å². The van der Waals surface area contributed by atoms with Gasteiger partial charge in [0, 0.05) is 54.0 Å². The van der Waals surface area contributed by atoms with Gasteiger partial charge < -0.3 is 24.7 Å². The van der Waals surface area contributed by atoms with Crippen LogP contribution in [0, 0.1) is 11.3 Å². The van der Waals surface area contributed by atoms with Crippen molar-refractivity contribution < 1.29 is 9.15 Å². The van der Waals surface area contributed by atoms with Gasteiger partial charge in [0.05, 0.1) is 17.4 Å². The highest BCUT2D eigenvalue weighted by molar-refractivity contribution is 6.26. The molecule has 57 heavy (non-hydrogen) atoms. The van der Waals surface area contributed by atoms with Crippen LogP contribution in [0.1, 0.15) is 111 Å². The maximum absolute atomic E-state index is 6.50. The fourth-order valence-corrected chi connectivity index (χ4v) is 9.29. The summed E-state index contributed by atoms with van der Waals surface area (Å²) in [7, 11) is 0. The number of allylic oxidation sites excluding steroid dienone is 1. The summed E-state index contributed by atoms with van der Waals surface area (Å²) in [5.74, 6) is 3.94. The Kier molecular flexibility index (Phi) is 10.1. The van der Waals surface area contributed by atoms with Crippen molar-refractivity contribution in [1.82, 2.24) is 4.90 Å². The average Bonchev–Trinajstić information content (AvgIpc) is 3.89. The predicted octanol–water partition coefficient (Wildman–Crippen LogP) is 9.79. The molecule has 3 unspecified atom stereocenters. The summed E-state index contributed by atoms with van der Waals surface area (Å²) in [6.07, 6.45) is 21.3. The van der Waals surface area contributed by atoms with E-state index in [9.17, 15) is 0 Å². The minimum Gasteiger partial charge on any atom is -0.475 e. The number of nitrogens with zero attached hydrogens (tertiary/aromatic N) is 6. The Morgan fingerprint density at radius 2 is 1.61 bits per heavy atom. The Morgan fingerprint density at radius 3 is 2.35 bits per heavy atom. The molecule has 0 amide bonds. The topological polar surface area (TPSA) is 102 Å². The highest BCUT2D eigenvalue weighted by Crippen LogP contribution is 2.41.